The van der Waals surface area contributed by atoms with Crippen LogP contribution in [0.25, 0.3) is 0 Å². The molecule has 0 radical (unpaired) electrons. The van der Waals surface area contributed by atoms with E-state index in [0.29, 0.717) is 13.1 Å². The molecular weight excluding hydrogens is 170 g/mol. The third kappa shape index (κ3) is 3.57. The standard InChI is InChI=1S/C9H15NO3/c1-7(9(11)12)5-10-6-8-3-2-4-13-8/h8,10H,1-6H2,(H,11,12). The van der Waals surface area contributed by atoms with Gasteiger partial charge in [0.25, 0.3) is 0 Å². The van der Waals surface area contributed by atoms with E-state index in [1.165, 1.54) is 0 Å². The molecule has 0 bridgehead atoms. The number of hydrogen-bond acceptors (Lipinski definition) is 3. The minimum absolute atomic E-state index is 0.193. The van der Waals surface area contributed by atoms with Gasteiger partial charge in [0, 0.05) is 25.3 Å². The fourth-order valence-corrected chi connectivity index (χ4v) is 1.26. The molecule has 1 rings (SSSR count). The fraction of sp³-hybridized carbons (Fsp3) is 0.667. The number of hydrogen-bond donors (Lipinski definition) is 2. The SMILES string of the molecule is C=C(CNCC1CCCO1)C(=O)O. The molecule has 1 fully saturated rings. The first-order valence-electron chi connectivity index (χ1n) is 4.43. The molecule has 0 spiro atoms. The van der Waals surface area contributed by atoms with Crippen LogP contribution in [-0.4, -0.2) is 36.9 Å². The number of carbonyl (C=O) groups is 1. The summed E-state index contributed by atoms with van der Waals surface area (Å²) in [4.78, 5) is 10.4. The van der Waals surface area contributed by atoms with Gasteiger partial charge in [-0.15, -0.1) is 0 Å². The first kappa shape index (κ1) is 10.2. The number of nitrogens with one attached hydrogen (secondary N) is 1. The van der Waals surface area contributed by atoms with Crippen LogP contribution in [0.15, 0.2) is 12.2 Å². The summed E-state index contributed by atoms with van der Waals surface area (Å²) in [5, 5.41) is 11.5. The van der Waals surface area contributed by atoms with Gasteiger partial charge < -0.3 is 15.2 Å². The van der Waals surface area contributed by atoms with E-state index in [1.54, 1.807) is 0 Å². The summed E-state index contributed by atoms with van der Waals surface area (Å²) in [6, 6.07) is 0. The van der Waals surface area contributed by atoms with E-state index < -0.39 is 5.97 Å². The molecule has 0 saturated carbocycles. The number of aliphatic carboxylic acids is 1. The molecule has 0 aliphatic carbocycles. The molecule has 1 aliphatic rings. The Labute approximate surface area is 77.6 Å². The van der Waals surface area contributed by atoms with E-state index in [9.17, 15) is 4.79 Å². The molecule has 1 atom stereocenters. The molecule has 1 aliphatic heterocycles. The van der Waals surface area contributed by atoms with Gasteiger partial charge in [-0.3, -0.25) is 0 Å². The van der Waals surface area contributed by atoms with Gasteiger partial charge in [0.05, 0.1) is 6.10 Å². The number of ether oxygens (including phenoxy) is 1. The lowest BCUT2D eigenvalue weighted by Crippen LogP contribution is -2.29. The van der Waals surface area contributed by atoms with E-state index >= 15 is 0 Å². The summed E-state index contributed by atoms with van der Waals surface area (Å²) < 4.78 is 5.36. The first-order chi connectivity index (χ1) is 6.20. The van der Waals surface area contributed by atoms with Gasteiger partial charge >= 0.3 is 5.97 Å². The summed E-state index contributed by atoms with van der Waals surface area (Å²) in [6.07, 6.45) is 2.42. The number of carboxylic acids is 1. The average Bonchev–Trinajstić information content (AvgIpc) is 2.56. The molecule has 2 N–H and O–H groups in total. The zero-order chi connectivity index (χ0) is 9.68. The van der Waals surface area contributed by atoms with Crippen molar-refractivity contribution in [1.82, 2.24) is 5.32 Å². The zero-order valence-electron chi connectivity index (χ0n) is 7.58. The van der Waals surface area contributed by atoms with Crippen molar-refractivity contribution in [2.75, 3.05) is 19.7 Å². The molecule has 74 valence electrons. The number of carboxylic acid groups (broad SMARTS) is 1. The third-order valence-electron chi connectivity index (χ3n) is 2.04. The van der Waals surface area contributed by atoms with Crippen LogP contribution in [0, 0.1) is 0 Å². The summed E-state index contributed by atoms with van der Waals surface area (Å²) in [7, 11) is 0. The summed E-state index contributed by atoms with van der Waals surface area (Å²) >= 11 is 0. The monoisotopic (exact) mass is 185 g/mol. The highest BCUT2D eigenvalue weighted by atomic mass is 16.5. The summed E-state index contributed by atoms with van der Waals surface area (Å²) in [5.74, 6) is -0.945. The van der Waals surface area contributed by atoms with Crippen LogP contribution in [0.5, 0.6) is 0 Å². The van der Waals surface area contributed by atoms with Gasteiger partial charge in [-0.25, -0.2) is 4.79 Å². The van der Waals surface area contributed by atoms with Crippen LogP contribution in [-0.2, 0) is 9.53 Å². The molecule has 1 heterocycles. The highest BCUT2D eigenvalue weighted by Crippen LogP contribution is 2.10. The molecule has 4 heteroatoms. The van der Waals surface area contributed by atoms with E-state index in [2.05, 4.69) is 11.9 Å². The predicted octanol–water partition coefficient (Wildman–Crippen LogP) is 0.396. The van der Waals surface area contributed by atoms with Gasteiger partial charge in [-0.1, -0.05) is 6.58 Å². The van der Waals surface area contributed by atoms with Crippen molar-refractivity contribution in [3.63, 3.8) is 0 Å². The van der Waals surface area contributed by atoms with E-state index in [-0.39, 0.29) is 11.7 Å². The molecule has 0 aromatic heterocycles. The molecule has 4 nitrogen and oxygen atoms in total. The third-order valence-corrected chi connectivity index (χ3v) is 2.04. The van der Waals surface area contributed by atoms with Gasteiger partial charge in [0.2, 0.25) is 0 Å². The van der Waals surface area contributed by atoms with Gasteiger partial charge in [0.15, 0.2) is 0 Å². The Balaban J connectivity index is 2.06. The Morgan fingerprint density at radius 3 is 3.00 bits per heavy atom. The molecule has 0 aromatic carbocycles. The summed E-state index contributed by atoms with van der Waals surface area (Å²) in [6.45, 7) is 5.28. The van der Waals surface area contributed by atoms with Crippen LogP contribution in [0.1, 0.15) is 12.8 Å². The van der Waals surface area contributed by atoms with Crippen LogP contribution in [0.3, 0.4) is 0 Å². The molecular formula is C9H15NO3. The second-order valence-electron chi connectivity index (χ2n) is 3.17. The van der Waals surface area contributed by atoms with E-state index in [1.807, 2.05) is 0 Å². The smallest absolute Gasteiger partial charge is 0.332 e. The van der Waals surface area contributed by atoms with Crippen LogP contribution >= 0.6 is 0 Å². The zero-order valence-corrected chi connectivity index (χ0v) is 7.58. The van der Waals surface area contributed by atoms with Crippen molar-refractivity contribution < 1.29 is 14.6 Å². The number of rotatable bonds is 5. The second-order valence-corrected chi connectivity index (χ2v) is 3.17. The lowest BCUT2D eigenvalue weighted by atomic mass is 10.2. The minimum Gasteiger partial charge on any atom is -0.478 e. The highest BCUT2D eigenvalue weighted by molar-refractivity contribution is 5.86. The highest BCUT2D eigenvalue weighted by Gasteiger charge is 2.14. The van der Waals surface area contributed by atoms with Crippen molar-refractivity contribution in [3.8, 4) is 0 Å². The van der Waals surface area contributed by atoms with Crippen LogP contribution in [0.2, 0.25) is 0 Å². The Bertz CT molecular complexity index is 197. The fourth-order valence-electron chi connectivity index (χ4n) is 1.26. The molecule has 0 aromatic rings. The van der Waals surface area contributed by atoms with Crippen LogP contribution in [0.4, 0.5) is 0 Å². The van der Waals surface area contributed by atoms with Crippen LogP contribution < -0.4 is 5.32 Å². The van der Waals surface area contributed by atoms with Gasteiger partial charge in [-0.2, -0.15) is 0 Å². The maximum atomic E-state index is 10.4. The van der Waals surface area contributed by atoms with Crippen molar-refractivity contribution in [2.45, 2.75) is 18.9 Å². The van der Waals surface area contributed by atoms with Crippen molar-refractivity contribution in [3.05, 3.63) is 12.2 Å². The Hall–Kier alpha value is -0.870. The molecule has 13 heavy (non-hydrogen) atoms. The maximum absolute atomic E-state index is 10.4. The molecule has 1 unspecified atom stereocenters. The predicted molar refractivity (Wildman–Crippen MR) is 48.6 cm³/mol. The average molecular weight is 185 g/mol. The largest absolute Gasteiger partial charge is 0.478 e. The van der Waals surface area contributed by atoms with E-state index in [4.69, 9.17) is 9.84 Å². The Morgan fingerprint density at radius 2 is 2.46 bits per heavy atom. The van der Waals surface area contributed by atoms with Crippen molar-refractivity contribution in [1.29, 1.82) is 0 Å². The quantitative estimate of drug-likeness (QED) is 0.608. The first-order valence-corrected chi connectivity index (χ1v) is 4.43. The lowest BCUT2D eigenvalue weighted by Gasteiger charge is -2.10. The maximum Gasteiger partial charge on any atom is 0.332 e. The minimum atomic E-state index is -0.945. The van der Waals surface area contributed by atoms with Crippen molar-refractivity contribution in [2.24, 2.45) is 0 Å². The van der Waals surface area contributed by atoms with Crippen molar-refractivity contribution >= 4 is 5.97 Å². The Morgan fingerprint density at radius 1 is 1.69 bits per heavy atom. The summed E-state index contributed by atoms with van der Waals surface area (Å²) in [5.41, 5.74) is 0.193. The topological polar surface area (TPSA) is 58.6 Å². The second kappa shape index (κ2) is 4.99. The van der Waals surface area contributed by atoms with Gasteiger partial charge in [-0.05, 0) is 12.8 Å². The Kier molecular flexibility index (Phi) is 3.92. The molecule has 0 amide bonds. The van der Waals surface area contributed by atoms with E-state index in [0.717, 1.165) is 19.4 Å². The lowest BCUT2D eigenvalue weighted by molar-refractivity contribution is -0.132. The normalized spacial score (nSPS) is 21.7. The van der Waals surface area contributed by atoms with Gasteiger partial charge in [0.1, 0.15) is 0 Å². The molecule has 1 saturated heterocycles.